The van der Waals surface area contributed by atoms with Gasteiger partial charge in [-0.05, 0) is 36.4 Å². The highest BCUT2D eigenvalue weighted by Crippen LogP contribution is 2.39. The van der Waals surface area contributed by atoms with Crippen LogP contribution in [0.5, 0.6) is 5.75 Å². The number of thiophene rings is 1. The molecule has 0 fully saturated rings. The number of fused-ring (bicyclic) bond motifs is 1. The van der Waals surface area contributed by atoms with Crippen molar-refractivity contribution in [2.45, 2.75) is 0 Å². The van der Waals surface area contributed by atoms with Gasteiger partial charge in [0, 0.05) is 15.6 Å². The third-order valence-corrected chi connectivity index (χ3v) is 5.19. The lowest BCUT2D eigenvalue weighted by Crippen LogP contribution is -2.00. The van der Waals surface area contributed by atoms with E-state index in [0.717, 1.165) is 16.2 Å². The van der Waals surface area contributed by atoms with Crippen LogP contribution in [-0.2, 0) is 0 Å². The van der Waals surface area contributed by atoms with Crippen molar-refractivity contribution in [3.8, 4) is 5.75 Å². The van der Waals surface area contributed by atoms with Gasteiger partial charge in [0.05, 0.1) is 22.0 Å². The number of rotatable bonds is 3. The van der Waals surface area contributed by atoms with E-state index in [9.17, 15) is 9.18 Å². The Morgan fingerprint density at radius 2 is 1.95 bits per heavy atom. The van der Waals surface area contributed by atoms with Crippen molar-refractivity contribution in [3.63, 3.8) is 0 Å². The third kappa shape index (κ3) is 2.58. The zero-order chi connectivity index (χ0) is 15.9. The standard InChI is InChI=1S/C16H9Cl2FO2S/c1-21-9-3-5-11-13(7-9)22-16(14(11)18)15(20)10-4-2-8(19)6-12(10)17/h2-7H,1H3. The minimum atomic E-state index is -0.492. The molecule has 0 aliphatic heterocycles. The van der Waals surface area contributed by atoms with Crippen LogP contribution in [0.3, 0.4) is 0 Å². The lowest BCUT2D eigenvalue weighted by atomic mass is 10.1. The molecule has 1 heterocycles. The molecule has 3 aromatic rings. The maximum atomic E-state index is 13.1. The largest absolute Gasteiger partial charge is 0.497 e. The molecule has 0 spiro atoms. The van der Waals surface area contributed by atoms with E-state index in [1.165, 1.54) is 23.5 Å². The number of hydrogen-bond donors (Lipinski definition) is 0. The molecule has 0 bridgehead atoms. The molecule has 0 N–H and O–H groups in total. The Hall–Kier alpha value is -1.62. The van der Waals surface area contributed by atoms with Gasteiger partial charge in [0.2, 0.25) is 5.78 Å². The van der Waals surface area contributed by atoms with E-state index in [1.54, 1.807) is 19.2 Å². The van der Waals surface area contributed by atoms with Gasteiger partial charge in [-0.1, -0.05) is 23.2 Å². The number of halogens is 3. The molecule has 1 aromatic heterocycles. The van der Waals surface area contributed by atoms with Gasteiger partial charge >= 0.3 is 0 Å². The van der Waals surface area contributed by atoms with Crippen LogP contribution in [0.15, 0.2) is 36.4 Å². The molecule has 2 aromatic carbocycles. The van der Waals surface area contributed by atoms with Crippen LogP contribution >= 0.6 is 34.5 Å². The second-order valence-electron chi connectivity index (χ2n) is 4.56. The number of methoxy groups -OCH3 is 1. The summed E-state index contributed by atoms with van der Waals surface area (Å²) in [4.78, 5) is 13.0. The number of ketones is 1. The van der Waals surface area contributed by atoms with Crippen LogP contribution in [0.1, 0.15) is 15.2 Å². The number of benzene rings is 2. The smallest absolute Gasteiger partial charge is 0.206 e. The fraction of sp³-hybridized carbons (Fsp3) is 0.0625. The molecular weight excluding hydrogens is 346 g/mol. The van der Waals surface area contributed by atoms with Gasteiger partial charge in [-0.3, -0.25) is 4.79 Å². The Bertz CT molecular complexity index is 889. The van der Waals surface area contributed by atoms with Gasteiger partial charge in [-0.2, -0.15) is 0 Å². The molecule has 112 valence electrons. The minimum Gasteiger partial charge on any atom is -0.497 e. The van der Waals surface area contributed by atoms with Gasteiger partial charge in [0.1, 0.15) is 11.6 Å². The van der Waals surface area contributed by atoms with Crippen LogP contribution in [0.25, 0.3) is 10.1 Å². The van der Waals surface area contributed by atoms with Crippen molar-refractivity contribution < 1.29 is 13.9 Å². The average Bonchev–Trinajstić information content (AvgIpc) is 2.83. The van der Waals surface area contributed by atoms with Crippen molar-refractivity contribution in [1.29, 1.82) is 0 Å². The van der Waals surface area contributed by atoms with Crippen LogP contribution < -0.4 is 4.74 Å². The van der Waals surface area contributed by atoms with Gasteiger partial charge in [0.25, 0.3) is 0 Å². The van der Waals surface area contributed by atoms with Crippen molar-refractivity contribution in [2.75, 3.05) is 7.11 Å². The first-order valence-corrected chi connectivity index (χ1v) is 7.84. The molecule has 22 heavy (non-hydrogen) atoms. The van der Waals surface area contributed by atoms with Crippen molar-refractivity contribution >= 4 is 50.4 Å². The Balaban J connectivity index is 2.13. The lowest BCUT2D eigenvalue weighted by molar-refractivity contribution is 0.104. The number of hydrogen-bond acceptors (Lipinski definition) is 3. The normalized spacial score (nSPS) is 10.9. The predicted molar refractivity (Wildman–Crippen MR) is 88.2 cm³/mol. The predicted octanol–water partition coefficient (Wildman–Crippen LogP) is 5.59. The van der Waals surface area contributed by atoms with Crippen molar-refractivity contribution in [3.05, 3.63) is 62.7 Å². The lowest BCUT2D eigenvalue weighted by Gasteiger charge is -2.02. The van der Waals surface area contributed by atoms with E-state index in [-0.39, 0.29) is 16.4 Å². The molecule has 0 atom stereocenters. The monoisotopic (exact) mass is 354 g/mol. The average molecular weight is 355 g/mol. The summed E-state index contributed by atoms with van der Waals surface area (Å²) >= 11 is 13.5. The van der Waals surface area contributed by atoms with Crippen LogP contribution in [0.2, 0.25) is 10.0 Å². The summed E-state index contributed by atoms with van der Waals surface area (Å²) in [5.74, 6) is -0.131. The van der Waals surface area contributed by atoms with Crippen molar-refractivity contribution in [2.24, 2.45) is 0 Å². The second-order valence-corrected chi connectivity index (χ2v) is 6.40. The zero-order valence-corrected chi connectivity index (χ0v) is 13.7. The Morgan fingerprint density at radius 1 is 1.18 bits per heavy atom. The van der Waals surface area contributed by atoms with E-state index < -0.39 is 5.82 Å². The van der Waals surface area contributed by atoms with Gasteiger partial charge in [-0.25, -0.2) is 4.39 Å². The molecule has 0 aliphatic rings. The van der Waals surface area contributed by atoms with Crippen LogP contribution in [0.4, 0.5) is 4.39 Å². The molecule has 0 unspecified atom stereocenters. The SMILES string of the molecule is COc1ccc2c(Cl)c(C(=O)c3ccc(F)cc3Cl)sc2c1. The number of carbonyl (C=O) groups excluding carboxylic acids is 1. The third-order valence-electron chi connectivity index (χ3n) is 3.22. The molecule has 2 nitrogen and oxygen atoms in total. The van der Waals surface area contributed by atoms with Crippen LogP contribution in [0, 0.1) is 5.82 Å². The van der Waals surface area contributed by atoms with E-state index in [2.05, 4.69) is 0 Å². The second kappa shape index (κ2) is 5.88. The van der Waals surface area contributed by atoms with E-state index >= 15 is 0 Å². The van der Waals surface area contributed by atoms with E-state index in [4.69, 9.17) is 27.9 Å². The van der Waals surface area contributed by atoms with Crippen molar-refractivity contribution in [1.82, 2.24) is 0 Å². The molecular formula is C16H9Cl2FO2S. The summed E-state index contributed by atoms with van der Waals surface area (Å²) in [6.07, 6.45) is 0. The Labute approximate surface area is 140 Å². The summed E-state index contributed by atoms with van der Waals surface area (Å²) in [7, 11) is 1.57. The summed E-state index contributed by atoms with van der Waals surface area (Å²) in [5.41, 5.74) is 0.225. The first-order chi connectivity index (χ1) is 10.5. The molecule has 0 saturated carbocycles. The summed E-state index contributed by atoms with van der Waals surface area (Å²) < 4.78 is 19.1. The molecule has 6 heteroatoms. The zero-order valence-electron chi connectivity index (χ0n) is 11.3. The quantitative estimate of drug-likeness (QED) is 0.573. The Kier molecular flexibility index (Phi) is 4.08. The maximum absolute atomic E-state index is 13.1. The number of ether oxygens (including phenoxy) is 1. The minimum absolute atomic E-state index is 0.0658. The highest BCUT2D eigenvalue weighted by Gasteiger charge is 2.21. The first-order valence-electron chi connectivity index (χ1n) is 6.27. The fourth-order valence-electron chi connectivity index (χ4n) is 2.11. The molecule has 3 rings (SSSR count). The fourth-order valence-corrected chi connectivity index (χ4v) is 3.87. The summed E-state index contributed by atoms with van der Waals surface area (Å²) in [5, 5.41) is 1.21. The van der Waals surface area contributed by atoms with Gasteiger partial charge < -0.3 is 4.74 Å². The summed E-state index contributed by atoms with van der Waals surface area (Å²) in [6, 6.07) is 9.06. The summed E-state index contributed by atoms with van der Waals surface area (Å²) in [6.45, 7) is 0. The molecule has 0 amide bonds. The van der Waals surface area contributed by atoms with Crippen LogP contribution in [-0.4, -0.2) is 12.9 Å². The highest BCUT2D eigenvalue weighted by atomic mass is 35.5. The maximum Gasteiger partial charge on any atom is 0.206 e. The van der Waals surface area contributed by atoms with Gasteiger partial charge in [0.15, 0.2) is 0 Å². The topological polar surface area (TPSA) is 26.3 Å². The molecule has 0 aliphatic carbocycles. The molecule has 0 radical (unpaired) electrons. The first kappa shape index (κ1) is 15.3. The van der Waals surface area contributed by atoms with E-state index in [1.807, 2.05) is 6.07 Å². The highest BCUT2D eigenvalue weighted by molar-refractivity contribution is 7.21. The molecule has 0 saturated heterocycles. The van der Waals surface area contributed by atoms with E-state index in [0.29, 0.717) is 15.6 Å². The Morgan fingerprint density at radius 3 is 2.64 bits per heavy atom. The number of carbonyl (C=O) groups is 1. The van der Waals surface area contributed by atoms with Gasteiger partial charge in [-0.15, -0.1) is 11.3 Å².